The molecule has 6 nitrogen and oxygen atoms in total. The quantitative estimate of drug-likeness (QED) is 0.701. The highest BCUT2D eigenvalue weighted by atomic mass is 19.1. The van der Waals surface area contributed by atoms with Crippen molar-refractivity contribution in [1.29, 1.82) is 0 Å². The molecule has 0 amide bonds. The molecule has 0 N–H and O–H groups in total. The van der Waals surface area contributed by atoms with Crippen molar-refractivity contribution in [3.05, 3.63) is 54.1 Å². The van der Waals surface area contributed by atoms with Crippen molar-refractivity contribution < 1.29 is 9.13 Å². The van der Waals surface area contributed by atoms with Crippen LogP contribution in [0.5, 0.6) is 5.75 Å². The minimum absolute atomic E-state index is 0.308. The van der Waals surface area contributed by atoms with E-state index >= 15 is 0 Å². The number of fused-ring (bicyclic) bond motifs is 1. The van der Waals surface area contributed by atoms with E-state index in [2.05, 4.69) is 15.0 Å². The Balaban J connectivity index is 1.65. The van der Waals surface area contributed by atoms with E-state index in [0.717, 1.165) is 35.6 Å². The normalized spacial score (nSPS) is 19.0. The largest absolute Gasteiger partial charge is 0.497 e. The summed E-state index contributed by atoms with van der Waals surface area (Å²) in [6, 6.07) is 12.8. The lowest BCUT2D eigenvalue weighted by Crippen LogP contribution is -2.33. The molecule has 0 spiro atoms. The fourth-order valence-electron chi connectivity index (χ4n) is 3.45. The Morgan fingerprint density at radius 2 is 1.93 bits per heavy atom. The van der Waals surface area contributed by atoms with E-state index in [1.807, 2.05) is 39.8 Å². The molecule has 27 heavy (non-hydrogen) atoms. The van der Waals surface area contributed by atoms with E-state index in [0.29, 0.717) is 11.4 Å². The minimum atomic E-state index is -0.404. The Labute approximate surface area is 155 Å². The molecule has 1 unspecified atom stereocenters. The second kappa shape index (κ2) is 6.19. The SMILES string of the molecule is COc1ccc(N2C=NC=NC2n2c(C3CC3)nc3c(F)cccc32)cc1. The Kier molecular flexibility index (Phi) is 3.67. The highest BCUT2D eigenvalue weighted by molar-refractivity contribution is 5.88. The molecule has 5 rings (SSSR count). The van der Waals surface area contributed by atoms with Crippen LogP contribution in [0.2, 0.25) is 0 Å². The third-order valence-corrected chi connectivity index (χ3v) is 4.95. The zero-order valence-electron chi connectivity index (χ0n) is 14.8. The number of nitrogens with zero attached hydrogens (tertiary/aromatic N) is 5. The van der Waals surface area contributed by atoms with Crippen molar-refractivity contribution >= 4 is 29.4 Å². The molecule has 1 aromatic heterocycles. The van der Waals surface area contributed by atoms with Crippen molar-refractivity contribution in [3.63, 3.8) is 0 Å². The molecule has 1 saturated carbocycles. The first-order valence-corrected chi connectivity index (χ1v) is 8.90. The first kappa shape index (κ1) is 16.0. The van der Waals surface area contributed by atoms with Gasteiger partial charge in [0.1, 0.15) is 23.4 Å². The van der Waals surface area contributed by atoms with Gasteiger partial charge in [0, 0.05) is 11.6 Å². The Hall–Kier alpha value is -3.22. The predicted octanol–water partition coefficient (Wildman–Crippen LogP) is 4.09. The molecule has 0 bridgehead atoms. The lowest BCUT2D eigenvalue weighted by Gasteiger charge is -2.31. The van der Waals surface area contributed by atoms with Crippen molar-refractivity contribution in [1.82, 2.24) is 9.55 Å². The van der Waals surface area contributed by atoms with Crippen LogP contribution in [-0.2, 0) is 0 Å². The van der Waals surface area contributed by atoms with Crippen molar-refractivity contribution in [2.45, 2.75) is 25.0 Å². The molecule has 2 heterocycles. The van der Waals surface area contributed by atoms with Gasteiger partial charge in [-0.25, -0.2) is 19.4 Å². The molecule has 2 aromatic carbocycles. The van der Waals surface area contributed by atoms with E-state index in [1.54, 1.807) is 19.5 Å². The van der Waals surface area contributed by atoms with E-state index < -0.39 is 6.29 Å². The van der Waals surface area contributed by atoms with Gasteiger partial charge in [0.25, 0.3) is 0 Å². The monoisotopic (exact) mass is 363 g/mol. The Morgan fingerprint density at radius 3 is 2.67 bits per heavy atom. The molecule has 136 valence electrons. The fourth-order valence-corrected chi connectivity index (χ4v) is 3.45. The highest BCUT2D eigenvalue weighted by Crippen LogP contribution is 2.43. The second-order valence-corrected chi connectivity index (χ2v) is 6.70. The van der Waals surface area contributed by atoms with Gasteiger partial charge >= 0.3 is 0 Å². The molecular formula is C20H18FN5O. The summed E-state index contributed by atoms with van der Waals surface area (Å²) in [5, 5.41) is 0. The van der Waals surface area contributed by atoms with E-state index in [-0.39, 0.29) is 5.82 Å². The molecule has 2 aliphatic rings. The first-order chi connectivity index (χ1) is 13.3. The number of rotatable bonds is 4. The minimum Gasteiger partial charge on any atom is -0.497 e. The molecule has 1 aliphatic heterocycles. The van der Waals surface area contributed by atoms with Gasteiger partial charge in [0.2, 0.25) is 6.29 Å². The van der Waals surface area contributed by atoms with Crippen LogP contribution in [0.15, 0.2) is 52.4 Å². The predicted molar refractivity (Wildman–Crippen MR) is 103 cm³/mol. The first-order valence-electron chi connectivity index (χ1n) is 8.90. The average Bonchev–Trinajstić information content (AvgIpc) is 3.48. The molecule has 0 radical (unpaired) electrons. The second-order valence-electron chi connectivity index (χ2n) is 6.70. The maximum Gasteiger partial charge on any atom is 0.210 e. The number of halogens is 1. The summed E-state index contributed by atoms with van der Waals surface area (Å²) in [5.74, 6) is 1.70. The van der Waals surface area contributed by atoms with Gasteiger partial charge in [0.15, 0.2) is 5.82 Å². The molecule has 0 saturated heterocycles. The Morgan fingerprint density at radius 1 is 1.11 bits per heavy atom. The maximum atomic E-state index is 14.4. The molecule has 1 fully saturated rings. The van der Waals surface area contributed by atoms with E-state index in [1.165, 1.54) is 12.4 Å². The van der Waals surface area contributed by atoms with E-state index in [9.17, 15) is 4.39 Å². The summed E-state index contributed by atoms with van der Waals surface area (Å²) in [4.78, 5) is 15.4. The molecule has 3 aromatic rings. The summed E-state index contributed by atoms with van der Waals surface area (Å²) >= 11 is 0. The summed E-state index contributed by atoms with van der Waals surface area (Å²) in [6.45, 7) is 0. The average molecular weight is 363 g/mol. The number of para-hydroxylation sites is 1. The summed E-state index contributed by atoms with van der Waals surface area (Å²) < 4.78 is 21.6. The van der Waals surface area contributed by atoms with Gasteiger partial charge in [-0.05, 0) is 49.2 Å². The number of ether oxygens (including phenoxy) is 1. The Bertz CT molecular complexity index is 1050. The van der Waals surface area contributed by atoms with Gasteiger partial charge in [-0.2, -0.15) is 0 Å². The van der Waals surface area contributed by atoms with Crippen LogP contribution in [0.25, 0.3) is 11.0 Å². The van der Waals surface area contributed by atoms with Gasteiger partial charge < -0.3 is 4.74 Å². The number of imidazole rings is 1. The van der Waals surface area contributed by atoms with Crippen LogP contribution in [0.1, 0.15) is 30.9 Å². The number of aromatic nitrogens is 2. The van der Waals surface area contributed by atoms with Crippen molar-refractivity contribution in [2.24, 2.45) is 9.98 Å². The standard InChI is InChI=1S/C20H18FN5O/c1-27-15-9-7-14(8-10-15)25-12-22-11-23-20(25)26-17-4-2-3-16(21)18(17)24-19(26)13-5-6-13/h2-4,7-13,20H,5-6H2,1H3. The van der Waals surface area contributed by atoms with Gasteiger partial charge in [-0.15, -0.1) is 0 Å². The number of hydrogen-bond donors (Lipinski definition) is 0. The zero-order chi connectivity index (χ0) is 18.4. The van der Waals surface area contributed by atoms with Gasteiger partial charge in [-0.1, -0.05) is 6.07 Å². The molecule has 1 atom stereocenters. The van der Waals surface area contributed by atoms with Crippen molar-refractivity contribution in [3.8, 4) is 5.75 Å². The molecule has 1 aliphatic carbocycles. The van der Waals surface area contributed by atoms with Crippen LogP contribution >= 0.6 is 0 Å². The van der Waals surface area contributed by atoms with Crippen LogP contribution in [0, 0.1) is 5.82 Å². The lowest BCUT2D eigenvalue weighted by molar-refractivity contribution is 0.414. The van der Waals surface area contributed by atoms with Crippen LogP contribution in [-0.4, -0.2) is 29.3 Å². The number of aliphatic imine (C=N–C) groups is 2. The number of benzene rings is 2. The summed E-state index contributed by atoms with van der Waals surface area (Å²) in [7, 11) is 1.64. The number of methoxy groups -OCH3 is 1. The van der Waals surface area contributed by atoms with Gasteiger partial charge in [0.05, 0.1) is 19.0 Å². The topological polar surface area (TPSA) is 55.0 Å². The maximum absolute atomic E-state index is 14.4. The third kappa shape index (κ3) is 2.66. The van der Waals surface area contributed by atoms with Gasteiger partial charge in [-0.3, -0.25) is 9.47 Å². The van der Waals surface area contributed by atoms with Crippen LogP contribution in [0.4, 0.5) is 10.1 Å². The molecular weight excluding hydrogens is 345 g/mol. The van der Waals surface area contributed by atoms with Crippen LogP contribution < -0.4 is 9.64 Å². The van der Waals surface area contributed by atoms with E-state index in [4.69, 9.17) is 4.74 Å². The van der Waals surface area contributed by atoms with Crippen molar-refractivity contribution in [2.75, 3.05) is 12.0 Å². The number of anilines is 1. The third-order valence-electron chi connectivity index (χ3n) is 4.95. The summed E-state index contributed by atoms with van der Waals surface area (Å²) in [5.41, 5.74) is 2.06. The smallest absolute Gasteiger partial charge is 0.210 e. The number of hydrogen-bond acceptors (Lipinski definition) is 5. The fraction of sp³-hybridized carbons (Fsp3) is 0.250. The molecule has 7 heteroatoms. The lowest BCUT2D eigenvalue weighted by atomic mass is 10.2. The summed E-state index contributed by atoms with van der Waals surface area (Å²) in [6.07, 6.45) is 5.00. The highest BCUT2D eigenvalue weighted by Gasteiger charge is 2.34. The van der Waals surface area contributed by atoms with Crippen LogP contribution in [0.3, 0.4) is 0 Å². The zero-order valence-corrected chi connectivity index (χ0v) is 14.8.